The first-order chi connectivity index (χ1) is 18.5. The highest BCUT2D eigenvalue weighted by atomic mass is 19.1. The van der Waals surface area contributed by atoms with E-state index in [9.17, 15) is 4.39 Å². The summed E-state index contributed by atoms with van der Waals surface area (Å²) in [5, 5.41) is 3.63. The Kier molecular flexibility index (Phi) is 6.93. The molecule has 0 radical (unpaired) electrons. The van der Waals surface area contributed by atoms with Gasteiger partial charge < -0.3 is 19.9 Å². The minimum atomic E-state index is -0.506. The van der Waals surface area contributed by atoms with Crippen molar-refractivity contribution in [3.05, 3.63) is 71.0 Å². The van der Waals surface area contributed by atoms with Crippen LogP contribution in [0.3, 0.4) is 0 Å². The van der Waals surface area contributed by atoms with Gasteiger partial charge in [0.2, 0.25) is 0 Å². The van der Waals surface area contributed by atoms with E-state index in [1.807, 2.05) is 12.3 Å². The van der Waals surface area contributed by atoms with Crippen molar-refractivity contribution in [2.45, 2.75) is 38.9 Å². The zero-order valence-corrected chi connectivity index (χ0v) is 22.4. The molecule has 7 nitrogen and oxygen atoms in total. The monoisotopic (exact) mass is 516 g/mol. The summed E-state index contributed by atoms with van der Waals surface area (Å²) in [6.45, 7) is 12.5. The van der Waals surface area contributed by atoms with E-state index in [4.69, 9.17) is 9.72 Å². The van der Waals surface area contributed by atoms with E-state index in [0.29, 0.717) is 12.1 Å². The fraction of sp³-hybridized carbons (Fsp3) is 0.467. The molecule has 6 rings (SSSR count). The molecule has 1 aromatic carbocycles. The molecule has 0 saturated carbocycles. The lowest BCUT2D eigenvalue weighted by Gasteiger charge is -2.31. The number of alkyl halides is 1. The molecule has 0 bridgehead atoms. The van der Waals surface area contributed by atoms with E-state index in [1.54, 1.807) is 12.3 Å². The molecular formula is C30H37FN6O. The second-order valence-corrected chi connectivity index (χ2v) is 11.2. The van der Waals surface area contributed by atoms with E-state index in [-0.39, 0.29) is 5.41 Å². The average molecular weight is 517 g/mol. The third-order valence-corrected chi connectivity index (χ3v) is 8.16. The van der Waals surface area contributed by atoms with Crippen molar-refractivity contribution in [2.75, 3.05) is 67.6 Å². The Bertz CT molecular complexity index is 1290. The van der Waals surface area contributed by atoms with Crippen molar-refractivity contribution < 1.29 is 9.13 Å². The number of rotatable bonds is 7. The van der Waals surface area contributed by atoms with Gasteiger partial charge >= 0.3 is 0 Å². The van der Waals surface area contributed by atoms with E-state index in [2.05, 4.69) is 63.1 Å². The molecule has 5 heterocycles. The van der Waals surface area contributed by atoms with Gasteiger partial charge in [0.25, 0.3) is 0 Å². The number of nitrogens with zero attached hydrogens (tertiary/aromatic N) is 5. The summed E-state index contributed by atoms with van der Waals surface area (Å²) >= 11 is 0. The maximum Gasteiger partial charge on any atom is 0.134 e. The van der Waals surface area contributed by atoms with Crippen LogP contribution in [0.15, 0.2) is 48.8 Å². The maximum absolute atomic E-state index is 13.6. The largest absolute Gasteiger partial charge is 0.379 e. The van der Waals surface area contributed by atoms with Gasteiger partial charge in [-0.05, 0) is 41.8 Å². The number of benzene rings is 1. The molecule has 2 aromatic heterocycles. The van der Waals surface area contributed by atoms with Crippen LogP contribution in [0.4, 0.5) is 27.4 Å². The van der Waals surface area contributed by atoms with Crippen LogP contribution < -0.4 is 15.1 Å². The summed E-state index contributed by atoms with van der Waals surface area (Å²) in [5.41, 5.74) is 6.98. The van der Waals surface area contributed by atoms with Crippen LogP contribution in [0.1, 0.15) is 36.1 Å². The number of ether oxygens (including phenoxy) is 1. The SMILES string of the molecule is CC1(C)CN(CCN2CCOCC2)c2cc(Nc3nccc4c3CCN(c3ncccc3CF)C4)ccc21. The fourth-order valence-corrected chi connectivity index (χ4v) is 6.11. The number of fused-ring (bicyclic) bond motifs is 2. The topological polar surface area (TPSA) is 56.8 Å². The molecule has 0 aliphatic carbocycles. The third-order valence-electron chi connectivity index (χ3n) is 8.16. The van der Waals surface area contributed by atoms with E-state index >= 15 is 0 Å². The molecule has 3 aliphatic rings. The van der Waals surface area contributed by atoms with Gasteiger partial charge in [0.05, 0.1) is 13.2 Å². The van der Waals surface area contributed by atoms with Gasteiger partial charge in [-0.1, -0.05) is 26.0 Å². The van der Waals surface area contributed by atoms with Crippen molar-refractivity contribution in [3.63, 3.8) is 0 Å². The van der Waals surface area contributed by atoms with E-state index in [0.717, 1.165) is 76.2 Å². The van der Waals surface area contributed by atoms with Crippen LogP contribution in [0.5, 0.6) is 0 Å². The molecule has 1 N–H and O–H groups in total. The Morgan fingerprint density at radius 2 is 1.89 bits per heavy atom. The summed E-state index contributed by atoms with van der Waals surface area (Å²) < 4.78 is 19.1. The highest BCUT2D eigenvalue weighted by molar-refractivity contribution is 5.72. The first-order valence-electron chi connectivity index (χ1n) is 13.7. The Balaban J connectivity index is 1.20. The van der Waals surface area contributed by atoms with Crippen LogP contribution in [-0.4, -0.2) is 67.4 Å². The summed E-state index contributed by atoms with van der Waals surface area (Å²) in [7, 11) is 0. The standard InChI is InChI=1S/C30H37FN6O/c1-30(2)21-37(13-12-35-14-16-38-17-15-35)27-18-24(5-6-26(27)30)34-28-25-8-11-36(20-23(25)7-10-32-28)29-22(19-31)4-3-9-33-29/h3-7,9-10,18H,8,11-17,19-21H2,1-2H3,(H,32,34). The van der Waals surface area contributed by atoms with Gasteiger partial charge in [-0.2, -0.15) is 0 Å². The predicted molar refractivity (Wildman–Crippen MR) is 150 cm³/mol. The lowest BCUT2D eigenvalue weighted by Crippen LogP contribution is -2.42. The van der Waals surface area contributed by atoms with Gasteiger partial charge in [-0.3, -0.25) is 4.90 Å². The van der Waals surface area contributed by atoms with E-state index in [1.165, 1.54) is 22.4 Å². The van der Waals surface area contributed by atoms with Crippen molar-refractivity contribution in [3.8, 4) is 0 Å². The highest BCUT2D eigenvalue weighted by Gasteiger charge is 2.35. The summed E-state index contributed by atoms with van der Waals surface area (Å²) in [6.07, 6.45) is 4.44. The lowest BCUT2D eigenvalue weighted by molar-refractivity contribution is 0.0391. The molecule has 8 heteroatoms. The van der Waals surface area contributed by atoms with Gasteiger partial charge in [-0.15, -0.1) is 0 Å². The molecule has 0 atom stereocenters. The Hall–Kier alpha value is -3.23. The second kappa shape index (κ2) is 10.5. The Labute approximate surface area is 224 Å². The molecule has 1 saturated heterocycles. The van der Waals surface area contributed by atoms with Gasteiger partial charge in [0.15, 0.2) is 0 Å². The highest BCUT2D eigenvalue weighted by Crippen LogP contribution is 2.42. The molecule has 0 unspecified atom stereocenters. The first-order valence-corrected chi connectivity index (χ1v) is 13.7. The number of nitrogens with one attached hydrogen (secondary N) is 1. The van der Waals surface area contributed by atoms with Crippen LogP contribution >= 0.6 is 0 Å². The predicted octanol–water partition coefficient (Wildman–Crippen LogP) is 4.68. The quantitative estimate of drug-likeness (QED) is 0.489. The number of halogens is 1. The van der Waals surface area contributed by atoms with E-state index < -0.39 is 6.67 Å². The van der Waals surface area contributed by atoms with Crippen molar-refractivity contribution in [1.29, 1.82) is 0 Å². The summed E-state index contributed by atoms with van der Waals surface area (Å²) in [6, 6.07) is 12.4. The lowest BCUT2D eigenvalue weighted by atomic mass is 9.87. The van der Waals surface area contributed by atoms with Crippen molar-refractivity contribution in [1.82, 2.24) is 14.9 Å². The molecule has 0 spiro atoms. The van der Waals surface area contributed by atoms with Gasteiger partial charge in [0.1, 0.15) is 18.3 Å². The van der Waals surface area contributed by atoms with Crippen molar-refractivity contribution in [2.24, 2.45) is 0 Å². The molecular weight excluding hydrogens is 479 g/mol. The van der Waals surface area contributed by atoms with Crippen LogP contribution in [0, 0.1) is 0 Å². The zero-order valence-electron chi connectivity index (χ0n) is 22.4. The molecule has 3 aromatic rings. The molecule has 38 heavy (non-hydrogen) atoms. The Morgan fingerprint density at radius 1 is 1.03 bits per heavy atom. The molecule has 3 aliphatic heterocycles. The number of hydrogen-bond acceptors (Lipinski definition) is 7. The maximum atomic E-state index is 13.6. The van der Waals surface area contributed by atoms with Crippen LogP contribution in [-0.2, 0) is 29.8 Å². The smallest absolute Gasteiger partial charge is 0.134 e. The molecule has 0 amide bonds. The number of pyridine rings is 2. The van der Waals surface area contributed by atoms with Crippen LogP contribution in [0.25, 0.3) is 0 Å². The second-order valence-electron chi connectivity index (χ2n) is 11.2. The van der Waals surface area contributed by atoms with Crippen molar-refractivity contribution >= 4 is 23.0 Å². The van der Waals surface area contributed by atoms with Gasteiger partial charge in [0, 0.05) is 86.1 Å². The number of hydrogen-bond donors (Lipinski definition) is 1. The minimum absolute atomic E-state index is 0.121. The number of aromatic nitrogens is 2. The molecule has 1 fully saturated rings. The summed E-state index contributed by atoms with van der Waals surface area (Å²) in [4.78, 5) is 16.4. The summed E-state index contributed by atoms with van der Waals surface area (Å²) in [5.74, 6) is 1.65. The third kappa shape index (κ3) is 4.95. The van der Waals surface area contributed by atoms with Crippen LogP contribution in [0.2, 0.25) is 0 Å². The zero-order chi connectivity index (χ0) is 26.1. The Morgan fingerprint density at radius 3 is 2.74 bits per heavy atom. The normalized spacial score (nSPS) is 18.8. The number of morpholine rings is 1. The number of anilines is 4. The first kappa shape index (κ1) is 25.1. The average Bonchev–Trinajstić information content (AvgIpc) is 3.21. The van der Waals surface area contributed by atoms with Gasteiger partial charge in [-0.25, -0.2) is 14.4 Å². The minimum Gasteiger partial charge on any atom is -0.379 e. The molecule has 200 valence electrons. The fourth-order valence-electron chi connectivity index (χ4n) is 6.11.